The maximum Gasteiger partial charge on any atom is 2.00 e. The third kappa shape index (κ3) is 5.94. The number of pyridine rings is 2. The summed E-state index contributed by atoms with van der Waals surface area (Å²) in [6.07, 6.45) is 5.49. The van der Waals surface area contributed by atoms with Gasteiger partial charge in [-0.1, -0.05) is 113 Å². The Morgan fingerprint density at radius 3 is 2.03 bits per heavy atom. The minimum absolute atomic E-state index is 0. The van der Waals surface area contributed by atoms with Crippen LogP contribution >= 0.6 is 0 Å². The standard InChI is InChI=1S/C51H31N5O.Pd/c1-3-13-35(14-4-1)41-21-12-22-42(36-15-5-2-6-16-36)50(41)55-34-54(47-27-24-37-17-7-8-20-43(37)51(47)55)38-18-11-19-39(31-38)57-40-25-26-44-45-33-52-30-28-46(45)56(48(44)32-40)49-23-9-10-29-53-49;/h1-30,33H;/q;+2. The smallest absolute Gasteiger partial charge is 0.509 e. The number of nitrogens with zero attached hydrogens (tertiary/aromatic N) is 5. The van der Waals surface area contributed by atoms with E-state index in [0.29, 0.717) is 11.5 Å². The van der Waals surface area contributed by atoms with Crippen LogP contribution in [0.3, 0.4) is 0 Å². The molecule has 4 heterocycles. The molecule has 0 spiro atoms. The Morgan fingerprint density at radius 2 is 1.26 bits per heavy atom. The zero-order valence-corrected chi connectivity index (χ0v) is 32.4. The van der Waals surface area contributed by atoms with Crippen molar-refractivity contribution >= 4 is 61.3 Å². The van der Waals surface area contributed by atoms with Crippen molar-refractivity contribution in [3.05, 3.63) is 201 Å². The SMILES string of the molecule is C1=[N+](c2[c-]c(Oc3[c-]c4c(cc3)c3cnccc3n4-c3ccccn3)ccc2)c2ccc3ccccc3c2[N+]=1c1c(-c2ccccc2)cccc1-c1ccccc1.[Pd+2]. The molecule has 0 fully saturated rings. The Labute approximate surface area is 348 Å². The van der Waals surface area contributed by atoms with Crippen molar-refractivity contribution in [1.82, 2.24) is 23.7 Å². The minimum atomic E-state index is 0. The molecule has 0 N–H and O–H groups in total. The number of ether oxygens (including phenoxy) is 1. The Hall–Kier alpha value is -7.26. The van der Waals surface area contributed by atoms with Gasteiger partial charge in [0.15, 0.2) is 0 Å². The molecule has 274 valence electrons. The van der Waals surface area contributed by atoms with Crippen LogP contribution in [-0.2, 0) is 20.4 Å². The summed E-state index contributed by atoms with van der Waals surface area (Å²) in [4.78, 5) is 9.07. The second-order valence-corrected chi connectivity index (χ2v) is 13.9. The maximum atomic E-state index is 6.57. The summed E-state index contributed by atoms with van der Waals surface area (Å²) in [5, 5.41) is 4.31. The van der Waals surface area contributed by atoms with Gasteiger partial charge < -0.3 is 9.30 Å². The van der Waals surface area contributed by atoms with E-state index >= 15 is 0 Å². The molecular weight excluding hydrogens is 805 g/mol. The van der Waals surface area contributed by atoms with Gasteiger partial charge in [0.25, 0.3) is 5.69 Å². The van der Waals surface area contributed by atoms with Crippen molar-refractivity contribution in [1.29, 1.82) is 0 Å². The first-order valence-electron chi connectivity index (χ1n) is 18.8. The first kappa shape index (κ1) is 35.2. The molecule has 0 aliphatic carbocycles. The van der Waals surface area contributed by atoms with Gasteiger partial charge in [-0.15, -0.1) is 23.6 Å². The fourth-order valence-corrected chi connectivity index (χ4v) is 7.99. The van der Waals surface area contributed by atoms with Crippen LogP contribution in [0.15, 0.2) is 188 Å². The monoisotopic (exact) mass is 835 g/mol. The molecule has 0 saturated heterocycles. The van der Waals surface area contributed by atoms with Crippen LogP contribution in [0.2, 0.25) is 0 Å². The molecule has 58 heavy (non-hydrogen) atoms. The number of rotatable bonds is 7. The van der Waals surface area contributed by atoms with E-state index in [-0.39, 0.29) is 20.4 Å². The summed E-state index contributed by atoms with van der Waals surface area (Å²) >= 11 is 0. The van der Waals surface area contributed by atoms with E-state index in [1.165, 1.54) is 0 Å². The van der Waals surface area contributed by atoms with Crippen molar-refractivity contribution in [3.8, 4) is 39.6 Å². The van der Waals surface area contributed by atoms with Crippen LogP contribution in [0.4, 0.5) is 22.7 Å². The molecule has 1 aliphatic rings. The minimum Gasteiger partial charge on any atom is -0.509 e. The van der Waals surface area contributed by atoms with Gasteiger partial charge in [0, 0.05) is 41.7 Å². The normalized spacial score (nSPS) is 11.9. The third-order valence-electron chi connectivity index (χ3n) is 10.5. The van der Waals surface area contributed by atoms with Gasteiger partial charge in [-0.05, 0) is 68.9 Å². The van der Waals surface area contributed by atoms with Gasteiger partial charge in [0.2, 0.25) is 5.69 Å². The number of fused-ring (bicyclic) bond motifs is 6. The Balaban J connectivity index is 0.00000408. The Kier molecular flexibility index (Phi) is 8.90. The molecule has 10 aromatic rings. The molecule has 0 saturated carbocycles. The van der Waals surface area contributed by atoms with E-state index in [0.717, 1.165) is 83.4 Å². The van der Waals surface area contributed by atoms with E-state index in [9.17, 15) is 0 Å². The average Bonchev–Trinajstić information content (AvgIpc) is 3.83. The molecular formula is C51H31N5OPd+2. The van der Waals surface area contributed by atoms with Crippen molar-refractivity contribution in [2.75, 3.05) is 0 Å². The number of hydrogen-bond donors (Lipinski definition) is 0. The number of benzene rings is 7. The van der Waals surface area contributed by atoms with Crippen LogP contribution in [-0.4, -0.2) is 20.5 Å². The van der Waals surface area contributed by atoms with Crippen LogP contribution < -0.4 is 13.9 Å². The maximum absolute atomic E-state index is 6.57. The van der Waals surface area contributed by atoms with Crippen molar-refractivity contribution in [3.63, 3.8) is 0 Å². The second kappa shape index (κ2) is 14.7. The predicted octanol–water partition coefficient (Wildman–Crippen LogP) is 12.3. The topological polar surface area (TPSA) is 46.0 Å². The first-order chi connectivity index (χ1) is 28.3. The van der Waals surface area contributed by atoms with Crippen LogP contribution in [0, 0.1) is 12.1 Å². The van der Waals surface area contributed by atoms with Crippen molar-refractivity contribution in [2.45, 2.75) is 0 Å². The quantitative estimate of drug-likeness (QED) is 0.0913. The zero-order chi connectivity index (χ0) is 37.7. The molecule has 0 amide bonds. The van der Waals surface area contributed by atoms with E-state index < -0.39 is 0 Å². The van der Waals surface area contributed by atoms with Crippen LogP contribution in [0.5, 0.6) is 11.5 Å². The van der Waals surface area contributed by atoms with Crippen LogP contribution in [0.1, 0.15) is 0 Å². The van der Waals surface area contributed by atoms with Crippen molar-refractivity contribution in [2.24, 2.45) is 0 Å². The zero-order valence-electron chi connectivity index (χ0n) is 30.9. The Morgan fingerprint density at radius 1 is 0.534 bits per heavy atom. The number of para-hydroxylation sites is 1. The molecule has 0 unspecified atom stereocenters. The third-order valence-corrected chi connectivity index (χ3v) is 10.5. The Bertz CT molecular complexity index is 3190. The van der Waals surface area contributed by atoms with E-state index in [2.05, 4.69) is 163 Å². The van der Waals surface area contributed by atoms with Gasteiger partial charge in [-0.3, -0.25) is 4.98 Å². The summed E-state index contributed by atoms with van der Waals surface area (Å²) in [5.41, 5.74) is 10.2. The van der Waals surface area contributed by atoms with Gasteiger partial charge in [-0.2, -0.15) is 12.1 Å². The summed E-state index contributed by atoms with van der Waals surface area (Å²) in [6.45, 7) is 0. The first-order valence-corrected chi connectivity index (χ1v) is 18.8. The predicted molar refractivity (Wildman–Crippen MR) is 230 cm³/mol. The van der Waals surface area contributed by atoms with Gasteiger partial charge >= 0.3 is 32.1 Å². The van der Waals surface area contributed by atoms with E-state index in [4.69, 9.17) is 4.74 Å². The van der Waals surface area contributed by atoms with Gasteiger partial charge in [0.1, 0.15) is 11.5 Å². The molecule has 0 atom stereocenters. The van der Waals surface area contributed by atoms with Gasteiger partial charge in [-0.25, -0.2) is 4.98 Å². The average molecular weight is 836 g/mol. The fraction of sp³-hybridized carbons (Fsp3) is 0. The molecule has 0 bridgehead atoms. The molecule has 0 radical (unpaired) electrons. The van der Waals surface area contributed by atoms with Crippen molar-refractivity contribution < 1.29 is 25.2 Å². The summed E-state index contributed by atoms with van der Waals surface area (Å²) in [6, 6.07) is 69.4. The molecule has 6 nitrogen and oxygen atoms in total. The summed E-state index contributed by atoms with van der Waals surface area (Å²) < 4.78 is 13.0. The van der Waals surface area contributed by atoms with E-state index in [1.807, 2.05) is 54.7 Å². The number of hydrogen-bond acceptors (Lipinski definition) is 3. The summed E-state index contributed by atoms with van der Waals surface area (Å²) in [5.74, 6) is 1.92. The molecule has 11 rings (SSSR count). The largest absolute Gasteiger partial charge is 2.00 e. The second-order valence-electron chi connectivity index (χ2n) is 13.9. The molecule has 1 aliphatic heterocycles. The fourth-order valence-electron chi connectivity index (χ4n) is 7.99. The van der Waals surface area contributed by atoms with Crippen LogP contribution in [0.25, 0.3) is 60.6 Å². The molecule has 3 aromatic heterocycles. The van der Waals surface area contributed by atoms with E-state index in [1.54, 1.807) is 12.4 Å². The molecule has 7 heteroatoms. The summed E-state index contributed by atoms with van der Waals surface area (Å²) in [7, 11) is 0. The van der Waals surface area contributed by atoms with Gasteiger partial charge in [0.05, 0.1) is 16.5 Å². The number of aromatic nitrogens is 3. The molecule has 7 aromatic carbocycles.